The average molecular weight is 932 g/mol. The zero-order chi connectivity index (χ0) is 48.0. The van der Waals surface area contributed by atoms with Gasteiger partial charge in [-0.05, 0) is 93.7 Å². The minimum absolute atomic E-state index is 0.564. The molecule has 6 nitrogen and oxygen atoms in total. The third-order valence-corrected chi connectivity index (χ3v) is 14.6. The Morgan fingerprint density at radius 1 is 0.274 bits per heavy atom. The van der Waals surface area contributed by atoms with E-state index in [4.69, 9.17) is 19.4 Å². The van der Waals surface area contributed by atoms with Crippen LogP contribution in [0.5, 0.6) is 0 Å². The summed E-state index contributed by atoms with van der Waals surface area (Å²) in [6.45, 7) is 0. The molecule has 0 saturated heterocycles. The molecular weight excluding hydrogens is 891 g/mol. The Morgan fingerprint density at radius 2 is 0.795 bits per heavy atom. The summed E-state index contributed by atoms with van der Waals surface area (Å²) in [5, 5.41) is 9.24. The normalized spacial score (nSPS) is 11.8. The van der Waals surface area contributed by atoms with Crippen molar-refractivity contribution in [2.45, 2.75) is 0 Å². The van der Waals surface area contributed by atoms with Crippen LogP contribution in [0.1, 0.15) is 0 Å². The molecule has 0 aliphatic rings. The van der Waals surface area contributed by atoms with Gasteiger partial charge in [0.15, 0.2) is 17.5 Å². The Balaban J connectivity index is 0.931. The molecule has 4 heterocycles. The van der Waals surface area contributed by atoms with Crippen molar-refractivity contribution in [2.24, 2.45) is 0 Å². The average Bonchev–Trinajstić information content (AvgIpc) is 4.13. The van der Waals surface area contributed by atoms with E-state index in [0.29, 0.717) is 17.5 Å². The number of hydrogen-bond acceptors (Lipinski definition) is 4. The van der Waals surface area contributed by atoms with Crippen molar-refractivity contribution >= 4 is 76.3 Å². The monoisotopic (exact) mass is 931 g/mol. The lowest BCUT2D eigenvalue weighted by molar-refractivity contribution is 0.669. The van der Waals surface area contributed by atoms with E-state index in [1.807, 2.05) is 18.2 Å². The van der Waals surface area contributed by atoms with E-state index in [9.17, 15) is 0 Å². The standard InChI is InChI=1S/C67H41N5O/c1-2-14-42(15-3-1)47-18-12-19-51(39-47)71-58-24-9-7-21-53(58)57-23-13-26-60(64(57)71)72-59-25-10-6-20-52(59)54-36-34-49(40-61(54)72)66-68-65(45-31-28-44(29-32-45)48-33-30-43-16-4-5-17-46(43)38-48)69-67(70-66)50-35-37-56-55-22-8-11-27-62(55)73-63(56)41-50/h1-41H. The molecule has 0 saturated carbocycles. The predicted molar refractivity (Wildman–Crippen MR) is 300 cm³/mol. The van der Waals surface area contributed by atoms with Crippen LogP contribution in [0.15, 0.2) is 253 Å². The predicted octanol–water partition coefficient (Wildman–Crippen LogP) is 17.5. The van der Waals surface area contributed by atoms with Crippen molar-refractivity contribution in [3.05, 3.63) is 249 Å². The number of furan rings is 1. The van der Waals surface area contributed by atoms with Gasteiger partial charge in [-0.25, -0.2) is 15.0 Å². The number of aromatic nitrogens is 5. The van der Waals surface area contributed by atoms with Crippen LogP contribution in [0.3, 0.4) is 0 Å². The maximum Gasteiger partial charge on any atom is 0.164 e. The van der Waals surface area contributed by atoms with E-state index >= 15 is 0 Å². The molecule has 15 rings (SSSR count). The second-order valence-corrected chi connectivity index (χ2v) is 18.8. The van der Waals surface area contributed by atoms with Gasteiger partial charge in [0.25, 0.3) is 0 Å². The number of para-hydroxylation sites is 4. The number of nitrogens with zero attached hydrogens (tertiary/aromatic N) is 5. The molecule has 0 spiro atoms. The smallest absolute Gasteiger partial charge is 0.164 e. The van der Waals surface area contributed by atoms with Crippen LogP contribution in [0.2, 0.25) is 0 Å². The summed E-state index contributed by atoms with van der Waals surface area (Å²) in [5.74, 6) is 1.73. The number of hydrogen-bond donors (Lipinski definition) is 0. The Labute approximate surface area is 419 Å². The molecule has 340 valence electrons. The molecule has 6 heteroatoms. The molecule has 73 heavy (non-hydrogen) atoms. The van der Waals surface area contributed by atoms with Gasteiger partial charge in [0.05, 0.1) is 27.8 Å². The van der Waals surface area contributed by atoms with Gasteiger partial charge in [-0.2, -0.15) is 0 Å². The van der Waals surface area contributed by atoms with Gasteiger partial charge in [0, 0.05) is 54.7 Å². The topological polar surface area (TPSA) is 61.7 Å². The number of rotatable bonds is 7. The van der Waals surface area contributed by atoms with Crippen molar-refractivity contribution in [3.8, 4) is 67.8 Å². The molecule has 0 radical (unpaired) electrons. The van der Waals surface area contributed by atoms with Crippen LogP contribution in [0, 0.1) is 0 Å². The van der Waals surface area contributed by atoms with E-state index in [2.05, 4.69) is 240 Å². The summed E-state index contributed by atoms with van der Waals surface area (Å²) in [6, 6.07) is 88.3. The second kappa shape index (κ2) is 16.3. The van der Waals surface area contributed by atoms with Gasteiger partial charge >= 0.3 is 0 Å². The zero-order valence-corrected chi connectivity index (χ0v) is 39.3. The lowest BCUT2D eigenvalue weighted by Crippen LogP contribution is -2.02. The first-order chi connectivity index (χ1) is 36.2. The first kappa shape index (κ1) is 40.9. The largest absolute Gasteiger partial charge is 0.456 e. The van der Waals surface area contributed by atoms with Gasteiger partial charge in [0.1, 0.15) is 11.2 Å². The molecular formula is C67H41N5O. The van der Waals surface area contributed by atoms with Gasteiger partial charge < -0.3 is 13.6 Å². The van der Waals surface area contributed by atoms with Crippen LogP contribution in [-0.2, 0) is 0 Å². The molecule has 0 bridgehead atoms. The summed E-state index contributed by atoms with van der Waals surface area (Å²) in [4.78, 5) is 15.8. The SMILES string of the molecule is c1ccc(-c2cccc(-n3c4ccccc4c4cccc(-n5c6ccccc6c6ccc(-c7nc(-c8ccc(-c9ccc%10ccccc%10c9)cc8)nc(-c8ccc9c(c8)oc8ccccc89)n7)cc65)c43)c2)cc1. The zero-order valence-electron chi connectivity index (χ0n) is 39.3. The number of fused-ring (bicyclic) bond motifs is 10. The van der Waals surface area contributed by atoms with E-state index < -0.39 is 0 Å². The van der Waals surface area contributed by atoms with Gasteiger partial charge in [-0.1, -0.05) is 188 Å². The second-order valence-electron chi connectivity index (χ2n) is 18.8. The van der Waals surface area contributed by atoms with Gasteiger partial charge in [-0.3, -0.25) is 0 Å². The van der Waals surface area contributed by atoms with Crippen molar-refractivity contribution < 1.29 is 4.42 Å². The highest BCUT2D eigenvalue weighted by Gasteiger charge is 2.22. The van der Waals surface area contributed by atoms with Crippen LogP contribution in [0.4, 0.5) is 0 Å². The van der Waals surface area contributed by atoms with Crippen molar-refractivity contribution in [1.29, 1.82) is 0 Å². The molecule has 0 aliphatic carbocycles. The van der Waals surface area contributed by atoms with Crippen LogP contribution in [0.25, 0.3) is 144 Å². The highest BCUT2D eigenvalue weighted by molar-refractivity contribution is 6.15. The van der Waals surface area contributed by atoms with Crippen molar-refractivity contribution in [1.82, 2.24) is 24.1 Å². The van der Waals surface area contributed by atoms with Crippen molar-refractivity contribution in [3.63, 3.8) is 0 Å². The lowest BCUT2D eigenvalue weighted by Gasteiger charge is -2.15. The summed E-state index contributed by atoms with van der Waals surface area (Å²) in [7, 11) is 0. The Hall–Kier alpha value is -9.91. The van der Waals surface area contributed by atoms with Crippen molar-refractivity contribution in [2.75, 3.05) is 0 Å². The van der Waals surface area contributed by atoms with E-state index in [0.717, 1.165) is 99.5 Å². The summed E-state index contributed by atoms with van der Waals surface area (Å²) >= 11 is 0. The minimum Gasteiger partial charge on any atom is -0.456 e. The highest BCUT2D eigenvalue weighted by Crippen LogP contribution is 2.42. The lowest BCUT2D eigenvalue weighted by atomic mass is 10.00. The molecule has 0 aliphatic heterocycles. The first-order valence-corrected chi connectivity index (χ1v) is 24.7. The molecule has 0 N–H and O–H groups in total. The highest BCUT2D eigenvalue weighted by atomic mass is 16.3. The fraction of sp³-hybridized carbons (Fsp3) is 0. The fourth-order valence-electron chi connectivity index (χ4n) is 11.1. The van der Waals surface area contributed by atoms with Crippen LogP contribution in [-0.4, -0.2) is 24.1 Å². The molecule has 15 aromatic rings. The molecule has 0 fully saturated rings. The number of benzene rings is 11. The molecule has 0 unspecified atom stereocenters. The molecule has 4 aromatic heterocycles. The summed E-state index contributed by atoms with van der Waals surface area (Å²) in [5.41, 5.74) is 15.5. The molecule has 11 aromatic carbocycles. The Kier molecular flexibility index (Phi) is 9.16. The van der Waals surface area contributed by atoms with Gasteiger partial charge in [0.2, 0.25) is 0 Å². The first-order valence-electron chi connectivity index (χ1n) is 24.7. The maximum atomic E-state index is 6.40. The van der Waals surface area contributed by atoms with Gasteiger partial charge in [-0.15, -0.1) is 0 Å². The Morgan fingerprint density at radius 3 is 1.60 bits per heavy atom. The van der Waals surface area contributed by atoms with E-state index in [1.54, 1.807) is 0 Å². The van der Waals surface area contributed by atoms with Crippen LogP contribution >= 0.6 is 0 Å². The maximum absolute atomic E-state index is 6.40. The summed E-state index contributed by atoms with van der Waals surface area (Å²) in [6.07, 6.45) is 0. The van der Waals surface area contributed by atoms with E-state index in [1.165, 1.54) is 27.1 Å². The third-order valence-electron chi connectivity index (χ3n) is 14.6. The minimum atomic E-state index is 0.564. The molecule has 0 atom stereocenters. The summed E-state index contributed by atoms with van der Waals surface area (Å²) < 4.78 is 11.3. The molecule has 0 amide bonds. The fourth-order valence-corrected chi connectivity index (χ4v) is 11.1. The third kappa shape index (κ3) is 6.69. The van der Waals surface area contributed by atoms with E-state index in [-0.39, 0.29) is 0 Å². The quantitative estimate of drug-likeness (QED) is 0.160. The Bertz CT molecular complexity index is 4680. The van der Waals surface area contributed by atoms with Crippen LogP contribution < -0.4 is 0 Å².